The summed E-state index contributed by atoms with van der Waals surface area (Å²) < 4.78 is 46.0. The number of rotatable bonds is 5. The Hall–Kier alpha value is -3.67. The highest BCUT2D eigenvalue weighted by Gasteiger charge is 2.33. The number of carbonyl (C=O) groups excluding carboxylic acids is 2. The molecule has 180 valence electrons. The predicted molar refractivity (Wildman–Crippen MR) is 118 cm³/mol. The van der Waals surface area contributed by atoms with Gasteiger partial charge in [0, 0.05) is 39.3 Å². The molecule has 0 spiro atoms. The molecule has 9 nitrogen and oxygen atoms in total. The molecule has 1 fully saturated rings. The first-order valence-corrected chi connectivity index (χ1v) is 10.5. The van der Waals surface area contributed by atoms with E-state index in [0.29, 0.717) is 29.9 Å². The Labute approximate surface area is 192 Å². The molecule has 0 saturated carbocycles. The minimum atomic E-state index is -4.67. The molecule has 3 heterocycles. The quantitative estimate of drug-likeness (QED) is 0.586. The van der Waals surface area contributed by atoms with Crippen molar-refractivity contribution >= 4 is 28.5 Å². The molecular weight excluding hydrogens is 453 g/mol. The fourth-order valence-corrected chi connectivity index (χ4v) is 3.76. The number of amides is 2. The first-order valence-electron chi connectivity index (χ1n) is 10.5. The van der Waals surface area contributed by atoms with Crippen LogP contribution in [0.4, 0.5) is 18.9 Å². The lowest BCUT2D eigenvalue weighted by molar-refractivity contribution is -0.141. The second-order valence-electron chi connectivity index (χ2n) is 7.80. The third kappa shape index (κ3) is 4.81. The van der Waals surface area contributed by atoms with Crippen LogP contribution in [0.1, 0.15) is 22.0 Å². The summed E-state index contributed by atoms with van der Waals surface area (Å²) in [7, 11) is 3.15. The van der Waals surface area contributed by atoms with Crippen LogP contribution in [0, 0.1) is 0 Å². The molecule has 2 N–H and O–H groups in total. The van der Waals surface area contributed by atoms with Crippen LogP contribution in [0.3, 0.4) is 0 Å². The lowest BCUT2D eigenvalue weighted by Crippen LogP contribution is -2.47. The molecule has 0 radical (unpaired) electrons. The van der Waals surface area contributed by atoms with E-state index < -0.39 is 17.8 Å². The summed E-state index contributed by atoms with van der Waals surface area (Å²) in [6.45, 7) is 2.76. The third-order valence-electron chi connectivity index (χ3n) is 5.59. The summed E-state index contributed by atoms with van der Waals surface area (Å²) in [6, 6.07) is 6.31. The van der Waals surface area contributed by atoms with Gasteiger partial charge in [0.2, 0.25) is 5.91 Å². The molecule has 0 aliphatic carbocycles. The van der Waals surface area contributed by atoms with Gasteiger partial charge < -0.3 is 24.8 Å². The number of fused-ring (bicyclic) bond motifs is 1. The Morgan fingerprint density at radius 1 is 1.18 bits per heavy atom. The van der Waals surface area contributed by atoms with Crippen molar-refractivity contribution in [2.24, 2.45) is 7.05 Å². The van der Waals surface area contributed by atoms with Crippen molar-refractivity contribution in [2.45, 2.75) is 12.6 Å². The zero-order valence-electron chi connectivity index (χ0n) is 18.6. The molecule has 4 rings (SSSR count). The van der Waals surface area contributed by atoms with Gasteiger partial charge in [0.1, 0.15) is 23.0 Å². The maximum Gasteiger partial charge on any atom is 0.433 e. The van der Waals surface area contributed by atoms with Gasteiger partial charge in [-0.25, -0.2) is 9.97 Å². The third-order valence-corrected chi connectivity index (χ3v) is 5.59. The van der Waals surface area contributed by atoms with Gasteiger partial charge in [0.15, 0.2) is 0 Å². The molecule has 12 heteroatoms. The van der Waals surface area contributed by atoms with Crippen LogP contribution < -0.4 is 15.4 Å². The highest BCUT2D eigenvalue weighted by atomic mass is 19.4. The van der Waals surface area contributed by atoms with Gasteiger partial charge in [-0.05, 0) is 18.2 Å². The number of hydrogen-bond donors (Lipinski definition) is 2. The van der Waals surface area contributed by atoms with Crippen LogP contribution in [0.25, 0.3) is 11.0 Å². The Balaban J connectivity index is 1.60. The van der Waals surface area contributed by atoms with E-state index in [1.807, 2.05) is 0 Å². The lowest BCUT2D eigenvalue weighted by Gasteiger charge is -2.27. The number of carbonyl (C=O) groups is 2. The summed E-state index contributed by atoms with van der Waals surface area (Å²) in [5, 5.41) is 5.76. The predicted octanol–water partition coefficient (Wildman–Crippen LogP) is 2.22. The van der Waals surface area contributed by atoms with Crippen LogP contribution >= 0.6 is 0 Å². The maximum atomic E-state index is 13.0. The van der Waals surface area contributed by atoms with Crippen molar-refractivity contribution in [3.05, 3.63) is 47.5 Å². The van der Waals surface area contributed by atoms with Gasteiger partial charge in [-0.1, -0.05) is 6.07 Å². The van der Waals surface area contributed by atoms with E-state index in [1.165, 1.54) is 13.2 Å². The van der Waals surface area contributed by atoms with Crippen LogP contribution in [0.2, 0.25) is 0 Å². The summed E-state index contributed by atoms with van der Waals surface area (Å²) in [4.78, 5) is 35.0. The largest absolute Gasteiger partial charge is 0.494 e. The van der Waals surface area contributed by atoms with Gasteiger partial charge in [0.05, 0.1) is 30.3 Å². The average Bonchev–Trinajstić information content (AvgIpc) is 3.12. The molecule has 0 atom stereocenters. The number of aromatic nitrogens is 3. The van der Waals surface area contributed by atoms with Crippen molar-refractivity contribution in [2.75, 3.05) is 38.6 Å². The summed E-state index contributed by atoms with van der Waals surface area (Å²) >= 11 is 0. The Bertz CT molecular complexity index is 1230. The number of alkyl halides is 3. The van der Waals surface area contributed by atoms with Crippen LogP contribution in [0.15, 0.2) is 30.3 Å². The Kier molecular flexibility index (Phi) is 6.42. The monoisotopic (exact) mass is 476 g/mol. The zero-order chi connectivity index (χ0) is 24.5. The van der Waals surface area contributed by atoms with E-state index in [4.69, 9.17) is 4.74 Å². The number of anilines is 1. The number of piperazine rings is 1. The molecule has 0 bridgehead atoms. The van der Waals surface area contributed by atoms with E-state index in [0.717, 1.165) is 25.2 Å². The van der Waals surface area contributed by atoms with Crippen molar-refractivity contribution in [1.82, 2.24) is 24.8 Å². The number of pyridine rings is 1. The second kappa shape index (κ2) is 9.29. The molecule has 34 heavy (non-hydrogen) atoms. The highest BCUT2D eigenvalue weighted by Crippen LogP contribution is 2.31. The number of methoxy groups -OCH3 is 1. The van der Waals surface area contributed by atoms with Crippen LogP contribution in [0.5, 0.6) is 5.75 Å². The van der Waals surface area contributed by atoms with Crippen molar-refractivity contribution < 1.29 is 27.5 Å². The normalized spacial score (nSPS) is 14.3. The molecule has 1 aliphatic heterocycles. The number of aryl methyl sites for hydroxylation is 1. The first-order chi connectivity index (χ1) is 16.2. The fraction of sp³-hybridized carbons (Fsp3) is 0.364. The number of nitrogens with zero attached hydrogens (tertiary/aromatic N) is 4. The summed E-state index contributed by atoms with van der Waals surface area (Å²) in [5.41, 5.74) is -0.131. The number of nitrogens with one attached hydrogen (secondary N) is 2. The molecule has 2 aromatic heterocycles. The number of hydrogen-bond acceptors (Lipinski definition) is 6. The topological polar surface area (TPSA) is 101 Å². The average molecular weight is 476 g/mol. The van der Waals surface area contributed by atoms with Crippen molar-refractivity contribution in [3.63, 3.8) is 0 Å². The SMILES string of the molecule is COc1cc2nc(CC(=O)N3CCNCC3)n(C)c2cc1NC(=O)c1cccc(C(F)(F)F)n1. The standard InChI is InChI=1S/C22H23F3N6O3/c1-30-16-10-15(29-21(33)13-4-3-5-18(27-13)22(23,24)25)17(34-2)11-14(16)28-19(30)12-20(32)31-8-6-26-7-9-31/h3-5,10-11,26H,6-9,12H2,1-2H3,(H,29,33). The molecule has 2 amide bonds. The van der Waals surface area contributed by atoms with Crippen molar-refractivity contribution in [3.8, 4) is 5.75 Å². The second-order valence-corrected chi connectivity index (χ2v) is 7.80. The van der Waals surface area contributed by atoms with E-state index in [9.17, 15) is 22.8 Å². The Morgan fingerprint density at radius 2 is 1.91 bits per heavy atom. The molecular formula is C22H23F3N6O3. The minimum absolute atomic E-state index is 0.0315. The highest BCUT2D eigenvalue weighted by molar-refractivity contribution is 6.05. The van der Waals surface area contributed by atoms with Gasteiger partial charge in [-0.3, -0.25) is 9.59 Å². The first kappa shape index (κ1) is 23.5. The van der Waals surface area contributed by atoms with Gasteiger partial charge in [0.25, 0.3) is 5.91 Å². The van der Waals surface area contributed by atoms with Crippen LogP contribution in [-0.4, -0.2) is 64.5 Å². The van der Waals surface area contributed by atoms with E-state index in [-0.39, 0.29) is 29.5 Å². The minimum Gasteiger partial charge on any atom is -0.494 e. The fourth-order valence-electron chi connectivity index (χ4n) is 3.76. The van der Waals surface area contributed by atoms with Gasteiger partial charge in [-0.15, -0.1) is 0 Å². The maximum absolute atomic E-state index is 13.0. The summed E-state index contributed by atoms with van der Waals surface area (Å²) in [5.74, 6) is -0.0365. The molecule has 1 aliphatic rings. The molecule has 1 aromatic carbocycles. The zero-order valence-corrected chi connectivity index (χ0v) is 18.6. The smallest absolute Gasteiger partial charge is 0.433 e. The number of ether oxygens (including phenoxy) is 1. The Morgan fingerprint density at radius 3 is 2.59 bits per heavy atom. The van der Waals surface area contributed by atoms with E-state index in [2.05, 4.69) is 20.6 Å². The number of halogens is 3. The number of benzene rings is 1. The van der Waals surface area contributed by atoms with Gasteiger partial charge >= 0.3 is 6.18 Å². The molecule has 0 unspecified atom stereocenters. The van der Waals surface area contributed by atoms with Crippen molar-refractivity contribution in [1.29, 1.82) is 0 Å². The molecule has 3 aromatic rings. The van der Waals surface area contributed by atoms with Crippen LogP contribution in [-0.2, 0) is 24.4 Å². The molecule has 1 saturated heterocycles. The summed E-state index contributed by atoms with van der Waals surface area (Å²) in [6.07, 6.45) is -4.55. The lowest BCUT2D eigenvalue weighted by atomic mass is 10.2. The number of imidazole rings is 1. The van der Waals surface area contributed by atoms with E-state index >= 15 is 0 Å². The van der Waals surface area contributed by atoms with E-state index in [1.54, 1.807) is 28.6 Å². The van der Waals surface area contributed by atoms with Gasteiger partial charge in [-0.2, -0.15) is 13.2 Å².